The molecule has 3 aromatic rings. The molecule has 2 aromatic heterocycles. The summed E-state index contributed by atoms with van der Waals surface area (Å²) in [4.78, 5) is 33.6. The summed E-state index contributed by atoms with van der Waals surface area (Å²) in [5.74, 6) is 0.304. The minimum atomic E-state index is -0.233. The molecular formula is C18H16BrClN4O2S. The maximum absolute atomic E-state index is 12.8. The standard InChI is InChI=1S/C18H16BrClN4O2S/c1-2-7-24-17(26)13-8-11(19)3-5-14(13)22-18(24)27-10-16(25)23-15-6-4-12(20)9-21-15/h3-6,8-9H,2,7,10H2,1H3,(H,21,23,25). The van der Waals surface area contributed by atoms with Gasteiger partial charge in [0.2, 0.25) is 5.91 Å². The van der Waals surface area contributed by atoms with Crippen LogP contribution in [0.1, 0.15) is 13.3 Å². The molecule has 0 unspecified atom stereocenters. The predicted molar refractivity (Wildman–Crippen MR) is 113 cm³/mol. The lowest BCUT2D eigenvalue weighted by molar-refractivity contribution is -0.113. The number of carbonyl (C=O) groups is 1. The van der Waals surface area contributed by atoms with Crippen LogP contribution in [0.25, 0.3) is 10.9 Å². The zero-order chi connectivity index (χ0) is 19.4. The van der Waals surface area contributed by atoms with Crippen LogP contribution in [0.15, 0.2) is 51.0 Å². The van der Waals surface area contributed by atoms with E-state index in [0.717, 1.165) is 10.9 Å². The van der Waals surface area contributed by atoms with Gasteiger partial charge in [-0.15, -0.1) is 0 Å². The van der Waals surface area contributed by atoms with Crippen molar-refractivity contribution in [3.63, 3.8) is 0 Å². The second-order valence-corrected chi connectivity index (χ2v) is 8.01. The summed E-state index contributed by atoms with van der Waals surface area (Å²) in [7, 11) is 0. The maximum Gasteiger partial charge on any atom is 0.262 e. The molecule has 0 aliphatic heterocycles. The van der Waals surface area contributed by atoms with E-state index in [1.807, 2.05) is 13.0 Å². The number of nitrogens with one attached hydrogen (secondary N) is 1. The van der Waals surface area contributed by atoms with Crippen LogP contribution >= 0.6 is 39.3 Å². The number of carbonyl (C=O) groups excluding carboxylic acids is 1. The number of halogens is 2. The lowest BCUT2D eigenvalue weighted by atomic mass is 10.2. The van der Waals surface area contributed by atoms with Crippen molar-refractivity contribution in [2.24, 2.45) is 0 Å². The van der Waals surface area contributed by atoms with Crippen LogP contribution < -0.4 is 10.9 Å². The maximum atomic E-state index is 12.8. The van der Waals surface area contributed by atoms with Crippen molar-refractivity contribution in [2.75, 3.05) is 11.1 Å². The average Bonchev–Trinajstić information content (AvgIpc) is 2.65. The number of fused-ring (bicyclic) bond motifs is 1. The monoisotopic (exact) mass is 466 g/mol. The number of thioether (sulfide) groups is 1. The largest absolute Gasteiger partial charge is 0.310 e. The fourth-order valence-corrected chi connectivity index (χ4v) is 3.76. The van der Waals surface area contributed by atoms with Crippen LogP contribution in [0.2, 0.25) is 5.02 Å². The van der Waals surface area contributed by atoms with E-state index < -0.39 is 0 Å². The summed E-state index contributed by atoms with van der Waals surface area (Å²) in [5.41, 5.74) is 0.503. The molecule has 0 aliphatic carbocycles. The molecule has 6 nitrogen and oxygen atoms in total. The number of hydrogen-bond acceptors (Lipinski definition) is 5. The van der Waals surface area contributed by atoms with E-state index in [2.05, 4.69) is 31.2 Å². The Hall–Kier alpha value is -1.90. The molecule has 27 heavy (non-hydrogen) atoms. The van der Waals surface area contributed by atoms with Gasteiger partial charge in [0, 0.05) is 17.2 Å². The smallest absolute Gasteiger partial charge is 0.262 e. The molecule has 0 bridgehead atoms. The van der Waals surface area contributed by atoms with Crippen molar-refractivity contribution < 1.29 is 4.79 Å². The van der Waals surface area contributed by atoms with E-state index in [9.17, 15) is 9.59 Å². The van der Waals surface area contributed by atoms with E-state index >= 15 is 0 Å². The molecule has 0 aliphatic rings. The molecular weight excluding hydrogens is 452 g/mol. The number of benzene rings is 1. The van der Waals surface area contributed by atoms with Gasteiger partial charge in [-0.3, -0.25) is 14.2 Å². The number of anilines is 1. The molecule has 140 valence electrons. The van der Waals surface area contributed by atoms with E-state index in [1.54, 1.807) is 28.8 Å². The zero-order valence-corrected chi connectivity index (χ0v) is 17.6. The van der Waals surface area contributed by atoms with Crippen molar-refractivity contribution in [3.8, 4) is 0 Å². The molecule has 1 aromatic carbocycles. The van der Waals surface area contributed by atoms with Gasteiger partial charge in [0.05, 0.1) is 21.7 Å². The Morgan fingerprint density at radius 1 is 1.33 bits per heavy atom. The number of hydrogen-bond donors (Lipinski definition) is 1. The molecule has 0 radical (unpaired) electrons. The Morgan fingerprint density at radius 3 is 2.85 bits per heavy atom. The highest BCUT2D eigenvalue weighted by atomic mass is 79.9. The van der Waals surface area contributed by atoms with Gasteiger partial charge in [0.15, 0.2) is 5.16 Å². The number of nitrogens with zero attached hydrogens (tertiary/aromatic N) is 3. The highest BCUT2D eigenvalue weighted by molar-refractivity contribution is 9.10. The van der Waals surface area contributed by atoms with Crippen LogP contribution in [0.4, 0.5) is 5.82 Å². The molecule has 1 amide bonds. The molecule has 0 atom stereocenters. The Kier molecular flexibility index (Phi) is 6.51. The van der Waals surface area contributed by atoms with Crippen molar-refractivity contribution in [2.45, 2.75) is 25.0 Å². The van der Waals surface area contributed by atoms with Crippen LogP contribution in [0, 0.1) is 0 Å². The van der Waals surface area contributed by atoms with Crippen molar-refractivity contribution in [3.05, 3.63) is 56.4 Å². The highest BCUT2D eigenvalue weighted by Crippen LogP contribution is 2.21. The van der Waals surface area contributed by atoms with E-state index in [1.165, 1.54) is 18.0 Å². The van der Waals surface area contributed by atoms with E-state index in [0.29, 0.717) is 33.4 Å². The number of pyridine rings is 1. The Balaban J connectivity index is 1.81. The van der Waals surface area contributed by atoms with Gasteiger partial charge < -0.3 is 5.32 Å². The quantitative estimate of drug-likeness (QED) is 0.431. The number of rotatable bonds is 6. The third-order valence-electron chi connectivity index (χ3n) is 3.66. The van der Waals surface area contributed by atoms with Crippen molar-refractivity contribution in [1.82, 2.24) is 14.5 Å². The molecule has 0 saturated carbocycles. The normalized spacial score (nSPS) is 10.9. The van der Waals surface area contributed by atoms with Gasteiger partial charge in [-0.1, -0.05) is 46.2 Å². The Morgan fingerprint density at radius 2 is 2.15 bits per heavy atom. The van der Waals surface area contributed by atoms with Gasteiger partial charge in [-0.05, 0) is 36.8 Å². The topological polar surface area (TPSA) is 76.9 Å². The lowest BCUT2D eigenvalue weighted by Gasteiger charge is -2.12. The second kappa shape index (κ2) is 8.86. The molecule has 0 saturated heterocycles. The van der Waals surface area contributed by atoms with Crippen LogP contribution in [-0.4, -0.2) is 26.2 Å². The van der Waals surface area contributed by atoms with Gasteiger partial charge in [-0.2, -0.15) is 0 Å². The number of amides is 1. The van der Waals surface area contributed by atoms with Crippen LogP contribution in [-0.2, 0) is 11.3 Å². The minimum Gasteiger partial charge on any atom is -0.310 e. The predicted octanol–water partition coefficient (Wildman–Crippen LogP) is 4.35. The third-order valence-corrected chi connectivity index (χ3v) is 5.35. The molecule has 1 N–H and O–H groups in total. The highest BCUT2D eigenvalue weighted by Gasteiger charge is 2.13. The third kappa shape index (κ3) is 4.88. The summed E-state index contributed by atoms with van der Waals surface area (Å²) in [6, 6.07) is 8.68. The molecule has 0 fully saturated rings. The SMILES string of the molecule is CCCn1c(SCC(=O)Nc2ccc(Cl)cn2)nc2ccc(Br)cc2c1=O. The Labute approximate surface area is 173 Å². The fourth-order valence-electron chi connectivity index (χ4n) is 2.46. The summed E-state index contributed by atoms with van der Waals surface area (Å²) in [6.45, 7) is 2.53. The first-order valence-electron chi connectivity index (χ1n) is 8.22. The van der Waals surface area contributed by atoms with Gasteiger partial charge in [0.1, 0.15) is 5.82 Å². The fraction of sp³-hybridized carbons (Fsp3) is 0.222. The first kappa shape index (κ1) is 19.9. The van der Waals surface area contributed by atoms with Gasteiger partial charge in [0.25, 0.3) is 5.56 Å². The van der Waals surface area contributed by atoms with E-state index in [-0.39, 0.29) is 17.2 Å². The first-order chi connectivity index (χ1) is 13.0. The summed E-state index contributed by atoms with van der Waals surface area (Å²) in [6.07, 6.45) is 2.25. The van der Waals surface area contributed by atoms with Crippen molar-refractivity contribution in [1.29, 1.82) is 0 Å². The molecule has 0 spiro atoms. The van der Waals surface area contributed by atoms with Crippen LogP contribution in [0.5, 0.6) is 0 Å². The molecule has 3 rings (SSSR count). The zero-order valence-electron chi connectivity index (χ0n) is 14.4. The first-order valence-corrected chi connectivity index (χ1v) is 10.4. The van der Waals surface area contributed by atoms with Crippen molar-refractivity contribution >= 4 is 61.9 Å². The minimum absolute atomic E-state index is 0.106. The molecule has 2 heterocycles. The summed E-state index contributed by atoms with van der Waals surface area (Å²) < 4.78 is 2.44. The Bertz CT molecular complexity index is 1040. The van der Waals surface area contributed by atoms with E-state index in [4.69, 9.17) is 11.6 Å². The number of aromatic nitrogens is 3. The summed E-state index contributed by atoms with van der Waals surface area (Å²) in [5, 5.41) is 4.27. The molecule has 9 heteroatoms. The van der Waals surface area contributed by atoms with Gasteiger partial charge in [-0.25, -0.2) is 9.97 Å². The van der Waals surface area contributed by atoms with Gasteiger partial charge >= 0.3 is 0 Å². The lowest BCUT2D eigenvalue weighted by Crippen LogP contribution is -2.24. The van der Waals surface area contributed by atoms with Crippen LogP contribution in [0.3, 0.4) is 0 Å². The summed E-state index contributed by atoms with van der Waals surface area (Å²) >= 11 is 10.4. The second-order valence-electron chi connectivity index (χ2n) is 5.71. The average molecular weight is 468 g/mol.